The van der Waals surface area contributed by atoms with E-state index in [0.29, 0.717) is 23.2 Å². The zero-order valence-corrected chi connectivity index (χ0v) is 11.2. The molecule has 5 unspecified atom stereocenters. The van der Waals surface area contributed by atoms with Crippen molar-refractivity contribution in [1.82, 2.24) is 4.90 Å². The largest absolute Gasteiger partial charge is 0.279 e. The minimum absolute atomic E-state index is 0.00815. The van der Waals surface area contributed by atoms with Crippen LogP contribution in [0.5, 0.6) is 0 Å². The van der Waals surface area contributed by atoms with Gasteiger partial charge in [0.1, 0.15) is 0 Å². The number of fused-ring (bicyclic) bond motifs is 3. The fourth-order valence-electron chi connectivity index (χ4n) is 5.29. The Hall–Kier alpha value is -1.12. The number of carbonyl (C=O) groups excluding carboxylic acids is 2. The Balaban J connectivity index is 1.54. The Kier molecular flexibility index (Phi) is 1.66. The van der Waals surface area contributed by atoms with Gasteiger partial charge in [-0.2, -0.15) is 0 Å². The first-order valence-electron chi connectivity index (χ1n) is 7.70. The van der Waals surface area contributed by atoms with Gasteiger partial charge in [-0.15, -0.1) is 0 Å². The van der Waals surface area contributed by atoms with Crippen molar-refractivity contribution in [2.24, 2.45) is 35.0 Å². The van der Waals surface area contributed by atoms with Crippen molar-refractivity contribution in [2.75, 3.05) is 0 Å². The highest BCUT2D eigenvalue weighted by Gasteiger charge is 2.73. The second-order valence-corrected chi connectivity index (χ2v) is 7.35. The summed E-state index contributed by atoms with van der Waals surface area (Å²) in [6.07, 6.45) is 9.30. The van der Waals surface area contributed by atoms with Crippen LogP contribution in [0, 0.1) is 35.0 Å². The fourth-order valence-corrected chi connectivity index (χ4v) is 5.29. The summed E-state index contributed by atoms with van der Waals surface area (Å²) < 4.78 is 0. The maximum atomic E-state index is 12.7. The molecular formula is C16H19NO2. The molecule has 3 heteroatoms. The van der Waals surface area contributed by atoms with E-state index in [0.717, 1.165) is 0 Å². The van der Waals surface area contributed by atoms with Crippen molar-refractivity contribution in [2.45, 2.75) is 38.6 Å². The third kappa shape index (κ3) is 1.04. The van der Waals surface area contributed by atoms with Crippen LogP contribution in [0.4, 0.5) is 0 Å². The molecule has 2 amide bonds. The molecule has 0 aromatic carbocycles. The molecule has 5 aliphatic rings. The van der Waals surface area contributed by atoms with E-state index in [1.165, 1.54) is 25.7 Å². The van der Waals surface area contributed by atoms with Gasteiger partial charge in [-0.25, -0.2) is 0 Å². The number of hydrogen-bond acceptors (Lipinski definition) is 2. The van der Waals surface area contributed by atoms with Crippen LogP contribution in [0.2, 0.25) is 0 Å². The van der Waals surface area contributed by atoms with Gasteiger partial charge >= 0.3 is 0 Å². The monoisotopic (exact) mass is 257 g/mol. The van der Waals surface area contributed by atoms with Crippen LogP contribution in [-0.4, -0.2) is 22.8 Å². The highest BCUT2D eigenvalue weighted by Crippen LogP contribution is 2.73. The van der Waals surface area contributed by atoms with E-state index >= 15 is 0 Å². The molecular weight excluding hydrogens is 238 g/mol. The maximum Gasteiger partial charge on any atom is 0.233 e. The lowest BCUT2D eigenvalue weighted by Gasteiger charge is -2.26. The molecule has 100 valence electrons. The Labute approximate surface area is 113 Å². The van der Waals surface area contributed by atoms with Crippen LogP contribution >= 0.6 is 0 Å². The second kappa shape index (κ2) is 2.97. The number of hydrogen-bond donors (Lipinski definition) is 0. The Morgan fingerprint density at radius 2 is 1.63 bits per heavy atom. The molecule has 0 aromatic rings. The van der Waals surface area contributed by atoms with E-state index in [1.807, 2.05) is 0 Å². The minimum atomic E-state index is -0.00815. The quantitative estimate of drug-likeness (QED) is 0.560. The summed E-state index contributed by atoms with van der Waals surface area (Å²) in [5.74, 6) is 1.60. The highest BCUT2D eigenvalue weighted by molar-refractivity contribution is 6.07. The lowest BCUT2D eigenvalue weighted by molar-refractivity contribution is -0.144. The Morgan fingerprint density at radius 3 is 2.05 bits per heavy atom. The molecule has 0 aromatic heterocycles. The van der Waals surface area contributed by atoms with Gasteiger partial charge in [0, 0.05) is 6.04 Å². The smallest absolute Gasteiger partial charge is 0.233 e. The molecule has 1 spiro atoms. The van der Waals surface area contributed by atoms with Gasteiger partial charge in [-0.3, -0.25) is 14.5 Å². The van der Waals surface area contributed by atoms with Crippen LogP contribution in [0.1, 0.15) is 32.6 Å². The summed E-state index contributed by atoms with van der Waals surface area (Å²) in [6, 6.07) is 0.139. The van der Waals surface area contributed by atoms with E-state index in [9.17, 15) is 9.59 Å². The topological polar surface area (TPSA) is 37.4 Å². The SMILES string of the molecule is CC(C1CC1)N1C(=O)C2C(C1=O)C1C=CC2C12CC2. The third-order valence-electron chi connectivity index (χ3n) is 6.60. The van der Waals surface area contributed by atoms with Crippen LogP contribution in [-0.2, 0) is 9.59 Å². The zero-order chi connectivity index (χ0) is 12.9. The number of imide groups is 1. The number of likely N-dealkylation sites (tertiary alicyclic amines) is 1. The molecule has 3 nitrogen and oxygen atoms in total. The fraction of sp³-hybridized carbons (Fsp3) is 0.750. The van der Waals surface area contributed by atoms with Crippen molar-refractivity contribution in [3.05, 3.63) is 12.2 Å². The number of nitrogens with zero attached hydrogens (tertiary/aromatic N) is 1. The summed E-state index contributed by atoms with van der Waals surface area (Å²) in [5, 5.41) is 0. The van der Waals surface area contributed by atoms with Crippen molar-refractivity contribution in [1.29, 1.82) is 0 Å². The van der Waals surface area contributed by atoms with Crippen molar-refractivity contribution >= 4 is 11.8 Å². The lowest BCUT2D eigenvalue weighted by atomic mass is 9.85. The van der Waals surface area contributed by atoms with E-state index in [2.05, 4.69) is 19.1 Å². The molecule has 1 saturated heterocycles. The average molecular weight is 257 g/mol. The average Bonchev–Trinajstić information content (AvgIpc) is 3.27. The van der Waals surface area contributed by atoms with Crippen LogP contribution in [0.25, 0.3) is 0 Å². The number of rotatable bonds is 2. The third-order valence-corrected chi connectivity index (χ3v) is 6.60. The van der Waals surface area contributed by atoms with Crippen molar-refractivity contribution < 1.29 is 9.59 Å². The van der Waals surface area contributed by atoms with E-state index in [1.54, 1.807) is 4.90 Å². The molecule has 1 aliphatic heterocycles. The molecule has 5 atom stereocenters. The number of carbonyl (C=O) groups is 2. The van der Waals surface area contributed by atoms with Gasteiger partial charge in [0.25, 0.3) is 0 Å². The summed E-state index contributed by atoms with van der Waals surface area (Å²) in [5.41, 5.74) is 0.329. The summed E-state index contributed by atoms with van der Waals surface area (Å²) in [4.78, 5) is 27.1. The molecule has 2 bridgehead atoms. The van der Waals surface area contributed by atoms with Crippen LogP contribution < -0.4 is 0 Å². The van der Waals surface area contributed by atoms with Crippen LogP contribution in [0.15, 0.2) is 12.2 Å². The molecule has 19 heavy (non-hydrogen) atoms. The van der Waals surface area contributed by atoms with Gasteiger partial charge in [-0.05, 0) is 55.8 Å². The Bertz CT molecular complexity index is 495. The first kappa shape index (κ1) is 10.6. The van der Waals surface area contributed by atoms with Crippen molar-refractivity contribution in [3.8, 4) is 0 Å². The van der Waals surface area contributed by atoms with E-state index in [-0.39, 0.29) is 29.7 Å². The van der Waals surface area contributed by atoms with E-state index < -0.39 is 0 Å². The van der Waals surface area contributed by atoms with Gasteiger partial charge < -0.3 is 0 Å². The van der Waals surface area contributed by atoms with Crippen LogP contribution in [0.3, 0.4) is 0 Å². The summed E-state index contributed by atoms with van der Waals surface area (Å²) >= 11 is 0. The normalized spacial score (nSPS) is 46.3. The number of allylic oxidation sites excluding steroid dienone is 2. The molecule has 4 aliphatic carbocycles. The van der Waals surface area contributed by atoms with Crippen molar-refractivity contribution in [3.63, 3.8) is 0 Å². The molecule has 0 radical (unpaired) electrons. The molecule has 3 saturated carbocycles. The second-order valence-electron chi connectivity index (χ2n) is 7.35. The van der Waals surface area contributed by atoms with Gasteiger partial charge in [0.15, 0.2) is 0 Å². The van der Waals surface area contributed by atoms with Gasteiger partial charge in [0.2, 0.25) is 11.8 Å². The standard InChI is InChI=1S/C16H19NO2/c1-8(9-2-3-9)17-14(18)12-10-4-5-11(13(12)15(17)19)16(10)6-7-16/h4-5,8-13H,2-3,6-7H2,1H3. The predicted octanol–water partition coefficient (Wildman–Crippen LogP) is 1.98. The Morgan fingerprint density at radius 1 is 1.11 bits per heavy atom. The lowest BCUT2D eigenvalue weighted by Crippen LogP contribution is -2.42. The number of amides is 2. The van der Waals surface area contributed by atoms with E-state index in [4.69, 9.17) is 0 Å². The summed E-state index contributed by atoms with van der Waals surface area (Å²) in [6.45, 7) is 2.07. The first-order chi connectivity index (χ1) is 9.15. The molecule has 1 heterocycles. The molecule has 5 rings (SSSR count). The minimum Gasteiger partial charge on any atom is -0.279 e. The molecule has 4 fully saturated rings. The zero-order valence-electron chi connectivity index (χ0n) is 11.2. The summed E-state index contributed by atoms with van der Waals surface area (Å²) in [7, 11) is 0. The van der Waals surface area contributed by atoms with Gasteiger partial charge in [-0.1, -0.05) is 12.2 Å². The predicted molar refractivity (Wildman–Crippen MR) is 68.8 cm³/mol. The molecule has 0 N–H and O–H groups in total. The maximum absolute atomic E-state index is 12.7. The van der Waals surface area contributed by atoms with Gasteiger partial charge in [0.05, 0.1) is 11.8 Å². The highest BCUT2D eigenvalue weighted by atomic mass is 16.2. The first-order valence-corrected chi connectivity index (χ1v) is 7.70.